The first kappa shape index (κ1) is 27.6. The van der Waals surface area contributed by atoms with Gasteiger partial charge in [0.25, 0.3) is 0 Å². The summed E-state index contributed by atoms with van der Waals surface area (Å²) in [5.74, 6) is -0.327. The van der Waals surface area contributed by atoms with E-state index in [0.717, 1.165) is 36.3 Å². The first-order chi connectivity index (χ1) is 17.9. The van der Waals surface area contributed by atoms with Gasteiger partial charge in [-0.1, -0.05) is 102 Å². The van der Waals surface area contributed by atoms with Crippen molar-refractivity contribution in [2.75, 3.05) is 32.8 Å². The predicted molar refractivity (Wildman–Crippen MR) is 151 cm³/mol. The molecule has 6 heteroatoms. The third-order valence-electron chi connectivity index (χ3n) is 7.03. The van der Waals surface area contributed by atoms with E-state index in [-0.39, 0.29) is 18.3 Å². The second kappa shape index (κ2) is 13.4. The number of halogens is 2. The quantitative estimate of drug-likeness (QED) is 0.275. The summed E-state index contributed by atoms with van der Waals surface area (Å²) in [7, 11) is 0. The third-order valence-corrected chi connectivity index (χ3v) is 7.77. The second-order valence-electron chi connectivity index (χ2n) is 9.55. The van der Waals surface area contributed by atoms with Crippen molar-refractivity contribution >= 4 is 35.1 Å². The van der Waals surface area contributed by atoms with Gasteiger partial charge in [0.05, 0.1) is 22.3 Å². The average molecular weight is 539 g/mol. The highest BCUT2D eigenvalue weighted by atomic mass is 35.5. The standard InChI is InChI=1S/C31H33Cl2NO3/c32-28-14-13-25(22-29(28)33)27(30(35)23-37-21-7-10-24-8-3-1-4-9-24)15-18-34-19-16-31(36,17-20-34)26-11-5-2-6-12-26/h1-14,22,27,36H,15-21,23H2/b10-7+. The fourth-order valence-electron chi connectivity index (χ4n) is 4.81. The molecular weight excluding hydrogens is 505 g/mol. The highest BCUT2D eigenvalue weighted by Crippen LogP contribution is 2.34. The summed E-state index contributed by atoms with van der Waals surface area (Å²) in [6.45, 7) is 2.68. The molecular formula is C31H33Cl2NO3. The van der Waals surface area contributed by atoms with Crippen molar-refractivity contribution in [3.8, 4) is 0 Å². The molecule has 0 spiro atoms. The minimum Gasteiger partial charge on any atom is -0.385 e. The Morgan fingerprint density at radius 1 is 0.973 bits per heavy atom. The van der Waals surface area contributed by atoms with Crippen LogP contribution in [-0.2, 0) is 15.1 Å². The molecule has 4 nitrogen and oxygen atoms in total. The zero-order valence-corrected chi connectivity index (χ0v) is 22.4. The lowest BCUT2D eigenvalue weighted by atomic mass is 9.84. The number of hydrogen-bond acceptors (Lipinski definition) is 4. The van der Waals surface area contributed by atoms with E-state index in [1.54, 1.807) is 12.1 Å². The molecule has 3 aromatic carbocycles. The summed E-state index contributed by atoms with van der Waals surface area (Å²) in [5.41, 5.74) is 2.11. The zero-order chi connectivity index (χ0) is 26.1. The molecule has 194 valence electrons. The summed E-state index contributed by atoms with van der Waals surface area (Å²) >= 11 is 12.4. The first-order valence-corrected chi connectivity index (χ1v) is 13.5. The third kappa shape index (κ3) is 7.76. The van der Waals surface area contributed by atoms with Crippen LogP contribution in [0.25, 0.3) is 6.08 Å². The Hall–Kier alpha value is -2.47. The smallest absolute Gasteiger partial charge is 0.165 e. The van der Waals surface area contributed by atoms with Crippen LogP contribution in [0.5, 0.6) is 0 Å². The van der Waals surface area contributed by atoms with E-state index in [0.29, 0.717) is 35.9 Å². The number of hydrogen-bond donors (Lipinski definition) is 1. The van der Waals surface area contributed by atoms with Gasteiger partial charge < -0.3 is 14.7 Å². The van der Waals surface area contributed by atoms with E-state index >= 15 is 0 Å². The number of carbonyl (C=O) groups is 1. The topological polar surface area (TPSA) is 49.8 Å². The fraction of sp³-hybridized carbons (Fsp3) is 0.323. The maximum atomic E-state index is 13.3. The Kier molecular flexibility index (Phi) is 9.95. The molecule has 4 rings (SSSR count). The van der Waals surface area contributed by atoms with Gasteiger partial charge in [-0.25, -0.2) is 0 Å². The van der Waals surface area contributed by atoms with Gasteiger partial charge in [-0.2, -0.15) is 0 Å². The van der Waals surface area contributed by atoms with Crippen molar-refractivity contribution in [1.29, 1.82) is 0 Å². The molecule has 1 unspecified atom stereocenters. The minimum absolute atomic E-state index is 0.0179. The van der Waals surface area contributed by atoms with Crippen LogP contribution in [0.1, 0.15) is 41.9 Å². The molecule has 1 aliphatic heterocycles. The van der Waals surface area contributed by atoms with Crippen molar-refractivity contribution < 1.29 is 14.6 Å². The van der Waals surface area contributed by atoms with Gasteiger partial charge in [-0.05, 0) is 54.6 Å². The summed E-state index contributed by atoms with van der Waals surface area (Å²) in [6, 6.07) is 25.2. The molecule has 1 heterocycles. The fourth-order valence-corrected chi connectivity index (χ4v) is 5.12. The van der Waals surface area contributed by atoms with Gasteiger partial charge in [0.2, 0.25) is 0 Å². The number of rotatable bonds is 11. The van der Waals surface area contributed by atoms with Gasteiger partial charge in [0, 0.05) is 19.0 Å². The molecule has 1 fully saturated rings. The molecule has 1 atom stereocenters. The Balaban J connectivity index is 1.34. The maximum Gasteiger partial charge on any atom is 0.165 e. The largest absolute Gasteiger partial charge is 0.385 e. The van der Waals surface area contributed by atoms with Crippen LogP contribution >= 0.6 is 23.2 Å². The number of ether oxygens (including phenoxy) is 1. The van der Waals surface area contributed by atoms with Crippen LogP contribution in [0, 0.1) is 0 Å². The number of benzene rings is 3. The van der Waals surface area contributed by atoms with Crippen molar-refractivity contribution in [1.82, 2.24) is 4.90 Å². The van der Waals surface area contributed by atoms with E-state index in [1.807, 2.05) is 78.9 Å². The van der Waals surface area contributed by atoms with Crippen LogP contribution in [-0.4, -0.2) is 48.6 Å². The van der Waals surface area contributed by atoms with Crippen molar-refractivity contribution in [3.63, 3.8) is 0 Å². The maximum absolute atomic E-state index is 13.3. The number of piperidine rings is 1. The number of likely N-dealkylation sites (tertiary alicyclic amines) is 1. The number of aliphatic hydroxyl groups is 1. The minimum atomic E-state index is -0.794. The lowest BCUT2D eigenvalue weighted by Gasteiger charge is -2.39. The Labute approximate surface area is 229 Å². The molecule has 37 heavy (non-hydrogen) atoms. The van der Waals surface area contributed by atoms with Crippen molar-refractivity contribution in [2.45, 2.75) is 30.8 Å². The van der Waals surface area contributed by atoms with Crippen LogP contribution < -0.4 is 0 Å². The van der Waals surface area contributed by atoms with Crippen molar-refractivity contribution in [3.05, 3.63) is 112 Å². The van der Waals surface area contributed by atoms with Crippen LogP contribution in [0.2, 0.25) is 10.0 Å². The molecule has 0 radical (unpaired) electrons. The van der Waals surface area contributed by atoms with E-state index in [2.05, 4.69) is 4.90 Å². The molecule has 0 aliphatic carbocycles. The van der Waals surface area contributed by atoms with E-state index < -0.39 is 5.60 Å². The van der Waals surface area contributed by atoms with Crippen LogP contribution in [0.3, 0.4) is 0 Å². The first-order valence-electron chi connectivity index (χ1n) is 12.7. The highest BCUT2D eigenvalue weighted by Gasteiger charge is 2.34. The number of Topliss-reactive ketones (excluding diaryl/α,β-unsaturated/α-hetero) is 1. The van der Waals surface area contributed by atoms with Crippen LogP contribution in [0.15, 0.2) is 84.9 Å². The van der Waals surface area contributed by atoms with Gasteiger partial charge in [0.1, 0.15) is 6.61 Å². The normalized spacial score (nSPS) is 16.6. The molecule has 1 N–H and O–H groups in total. The summed E-state index contributed by atoms with van der Waals surface area (Å²) in [5, 5.41) is 12.1. The number of ketones is 1. The lowest BCUT2D eigenvalue weighted by Crippen LogP contribution is -2.43. The average Bonchev–Trinajstić information content (AvgIpc) is 2.92. The van der Waals surface area contributed by atoms with E-state index in [1.165, 1.54) is 0 Å². The van der Waals surface area contributed by atoms with Gasteiger partial charge in [0.15, 0.2) is 5.78 Å². The van der Waals surface area contributed by atoms with Crippen LogP contribution in [0.4, 0.5) is 0 Å². The number of nitrogens with zero attached hydrogens (tertiary/aromatic N) is 1. The van der Waals surface area contributed by atoms with E-state index in [4.69, 9.17) is 27.9 Å². The molecule has 1 aliphatic rings. The SMILES string of the molecule is O=C(COC/C=C/c1ccccc1)C(CCN1CCC(O)(c2ccccc2)CC1)c1ccc(Cl)c(Cl)c1. The molecule has 0 bridgehead atoms. The Bertz CT molecular complexity index is 1180. The van der Waals surface area contributed by atoms with Gasteiger partial charge >= 0.3 is 0 Å². The van der Waals surface area contributed by atoms with Crippen molar-refractivity contribution in [2.24, 2.45) is 0 Å². The summed E-state index contributed by atoms with van der Waals surface area (Å²) in [6.07, 6.45) is 5.87. The predicted octanol–water partition coefficient (Wildman–Crippen LogP) is 6.75. The Morgan fingerprint density at radius 3 is 2.32 bits per heavy atom. The Morgan fingerprint density at radius 2 is 1.65 bits per heavy atom. The zero-order valence-electron chi connectivity index (χ0n) is 20.9. The molecule has 0 saturated carbocycles. The van der Waals surface area contributed by atoms with Gasteiger partial charge in [-0.15, -0.1) is 0 Å². The van der Waals surface area contributed by atoms with E-state index in [9.17, 15) is 9.90 Å². The molecule has 1 saturated heterocycles. The van der Waals surface area contributed by atoms with Gasteiger partial charge in [-0.3, -0.25) is 4.79 Å². The molecule has 3 aromatic rings. The molecule has 0 amide bonds. The summed E-state index contributed by atoms with van der Waals surface area (Å²) < 4.78 is 5.70. The highest BCUT2D eigenvalue weighted by molar-refractivity contribution is 6.42. The lowest BCUT2D eigenvalue weighted by molar-refractivity contribution is -0.125. The summed E-state index contributed by atoms with van der Waals surface area (Å²) in [4.78, 5) is 15.6. The molecule has 0 aromatic heterocycles. The second-order valence-corrected chi connectivity index (χ2v) is 10.4. The monoisotopic (exact) mass is 537 g/mol. The number of carbonyl (C=O) groups excluding carboxylic acids is 1.